The van der Waals surface area contributed by atoms with Gasteiger partial charge in [0.15, 0.2) is 0 Å². The van der Waals surface area contributed by atoms with E-state index in [4.69, 9.17) is 19.9 Å². The summed E-state index contributed by atoms with van der Waals surface area (Å²) >= 11 is 0. The van der Waals surface area contributed by atoms with E-state index in [9.17, 15) is 0 Å². The lowest BCUT2D eigenvalue weighted by Gasteiger charge is -2.17. The number of hydrogen-bond donors (Lipinski definition) is 4. The first kappa shape index (κ1) is 60.0. The Morgan fingerprint density at radius 1 is 0.310 bits per heavy atom. The Morgan fingerprint density at radius 2 is 0.631 bits per heavy atom. The molecule has 0 spiro atoms. The van der Waals surface area contributed by atoms with E-state index >= 15 is 0 Å². The van der Waals surface area contributed by atoms with Crippen LogP contribution in [-0.2, 0) is 51.4 Å². The maximum atomic E-state index is 5.80. The molecule has 0 fully saturated rings. The summed E-state index contributed by atoms with van der Waals surface area (Å²) in [5.41, 5.74) is 35.4. The number of rotatable bonds is 16. The number of H-pyrrole nitrogens is 4. The average molecular weight is 1120 g/mol. The molecule has 10 heterocycles. The first-order valence-corrected chi connectivity index (χ1v) is 33.0. The standard InChI is InChI=1S/C76H94N8/c1-17-43-47(21-5)65-39-69-51(25-9)55(29-13)73(81-69)59(74-56(30-14)52(26-10)70(82-74)40-66-48(22-6)44(18-2)62(78-66)37-61(43)77-65)35-33-34-36-60-75-57(31-15)53(27-11)71(83-75)41-67-49(23-7)45(19-3)63(79-67)38-64-46(20-4)50(24-8)68(80-64)42-72-54(28-12)58(32-16)76(60)84-72/h37-42,51,53,55,57,77-79,84H,17-32H2,1-16H3/t51-,53-,55-,57-/m0/s1. The third-order valence-electron chi connectivity index (χ3n) is 19.6. The number of hydrogen-bond acceptors (Lipinski definition) is 4. The molecule has 8 nitrogen and oxygen atoms in total. The van der Waals surface area contributed by atoms with Crippen LogP contribution >= 0.6 is 0 Å². The van der Waals surface area contributed by atoms with Crippen LogP contribution in [0.3, 0.4) is 0 Å². The highest BCUT2D eigenvalue weighted by Crippen LogP contribution is 2.47. The van der Waals surface area contributed by atoms with Crippen LogP contribution < -0.4 is 0 Å². The topological polar surface area (TPSA) is 115 Å². The summed E-state index contributed by atoms with van der Waals surface area (Å²) in [6.07, 6.45) is 14.6. The molecule has 0 saturated heterocycles. The van der Waals surface area contributed by atoms with Gasteiger partial charge < -0.3 is 19.9 Å². The predicted molar refractivity (Wildman–Crippen MR) is 358 cm³/mol. The Hall–Kier alpha value is -7.16. The SMILES string of the molecule is CCC1=C(CC)c2cc3[nH]c(c(C#CC#Cc4c5nc(cc6[nH]c(cc7[nH]c(cc8nc4[C@@H](CC)[C@@H]8CC)c(CC)c7CC)c(CC)c6CC)C(CC)=C5CC)c4nc(cc5[nH]c(cc1n2)c(CC)c5CC)[C@@H](CC)[C@@H]4CC)c(CC)c3CC. The zero-order valence-corrected chi connectivity index (χ0v) is 53.9. The van der Waals surface area contributed by atoms with Crippen LogP contribution in [0, 0.1) is 23.7 Å². The molecule has 16 bridgehead atoms. The van der Waals surface area contributed by atoms with Gasteiger partial charge in [0.2, 0.25) is 0 Å². The molecule has 4 aliphatic rings. The number of nitrogens with one attached hydrogen (secondary N) is 4. The van der Waals surface area contributed by atoms with Crippen LogP contribution in [0.25, 0.3) is 66.4 Å². The van der Waals surface area contributed by atoms with Gasteiger partial charge in [-0.3, -0.25) is 9.97 Å². The van der Waals surface area contributed by atoms with Crippen molar-refractivity contribution in [3.8, 4) is 23.7 Å². The molecule has 0 unspecified atom stereocenters. The number of nitrogens with zero attached hydrogens (tertiary/aromatic N) is 4. The van der Waals surface area contributed by atoms with Gasteiger partial charge in [-0.2, -0.15) is 0 Å². The molecule has 6 aromatic heterocycles. The quantitative estimate of drug-likeness (QED) is 0.0723. The summed E-state index contributed by atoms with van der Waals surface area (Å²) in [5.74, 6) is 15.6. The molecule has 4 aliphatic heterocycles. The van der Waals surface area contributed by atoms with E-state index in [0.29, 0.717) is 0 Å². The van der Waals surface area contributed by atoms with Gasteiger partial charge in [0, 0.05) is 73.7 Å². The molecule has 0 aromatic carbocycles. The molecule has 10 rings (SSSR count). The van der Waals surface area contributed by atoms with Crippen LogP contribution in [0.4, 0.5) is 0 Å². The van der Waals surface area contributed by atoms with Gasteiger partial charge in [-0.25, -0.2) is 9.97 Å². The zero-order chi connectivity index (χ0) is 59.7. The maximum Gasteiger partial charge on any atom is 0.0847 e. The second-order valence-electron chi connectivity index (χ2n) is 23.5. The van der Waals surface area contributed by atoms with Gasteiger partial charge in [-0.05, 0) is 230 Å². The normalized spacial score (nSPS) is 16.8. The lowest BCUT2D eigenvalue weighted by Crippen LogP contribution is -2.06. The molecule has 0 aliphatic carbocycles. The van der Waals surface area contributed by atoms with E-state index < -0.39 is 0 Å². The van der Waals surface area contributed by atoms with Gasteiger partial charge in [0.05, 0.1) is 50.8 Å². The zero-order valence-electron chi connectivity index (χ0n) is 53.9. The predicted octanol–water partition coefficient (Wildman–Crippen LogP) is 19.7. The van der Waals surface area contributed by atoms with Gasteiger partial charge in [-0.1, -0.05) is 111 Å². The smallest absolute Gasteiger partial charge is 0.0847 e. The third-order valence-corrected chi connectivity index (χ3v) is 19.6. The van der Waals surface area contributed by atoms with Gasteiger partial charge >= 0.3 is 0 Å². The highest BCUT2D eigenvalue weighted by molar-refractivity contribution is 5.96. The molecular formula is C76H94N8. The summed E-state index contributed by atoms with van der Waals surface area (Å²) in [5, 5.41) is 0. The lowest BCUT2D eigenvalue weighted by molar-refractivity contribution is 0.532. The van der Waals surface area contributed by atoms with E-state index in [0.717, 1.165) is 187 Å². The molecule has 84 heavy (non-hydrogen) atoms. The van der Waals surface area contributed by atoms with E-state index in [2.05, 4.69) is 191 Å². The van der Waals surface area contributed by atoms with Crippen LogP contribution in [0.1, 0.15) is 287 Å². The van der Waals surface area contributed by atoms with Crippen molar-refractivity contribution in [2.24, 2.45) is 0 Å². The minimum Gasteiger partial charge on any atom is -0.355 e. The average Bonchev–Trinajstić information content (AvgIpc) is 4.59. The van der Waals surface area contributed by atoms with E-state index in [1.54, 1.807) is 0 Å². The Morgan fingerprint density at radius 3 is 1.01 bits per heavy atom. The first-order valence-electron chi connectivity index (χ1n) is 33.0. The summed E-state index contributed by atoms with van der Waals surface area (Å²) < 4.78 is 0. The van der Waals surface area contributed by atoms with Crippen molar-refractivity contribution in [1.82, 2.24) is 39.9 Å². The summed E-state index contributed by atoms with van der Waals surface area (Å²) in [6.45, 7) is 36.7. The number of aromatic nitrogens is 8. The highest BCUT2D eigenvalue weighted by atomic mass is 14.8. The van der Waals surface area contributed by atoms with Gasteiger partial charge in [-0.15, -0.1) is 0 Å². The minimum absolute atomic E-state index is 0.157. The number of allylic oxidation sites excluding steroid dienone is 4. The van der Waals surface area contributed by atoms with Gasteiger partial charge in [0.1, 0.15) is 0 Å². The first-order chi connectivity index (χ1) is 40.9. The number of fused-ring (bicyclic) bond motifs is 16. The van der Waals surface area contributed by atoms with Crippen molar-refractivity contribution < 1.29 is 0 Å². The molecule has 0 amide bonds. The third kappa shape index (κ3) is 10.2. The van der Waals surface area contributed by atoms with Crippen LogP contribution in [-0.4, -0.2) is 39.9 Å². The second-order valence-corrected chi connectivity index (χ2v) is 23.5. The van der Waals surface area contributed by atoms with Gasteiger partial charge in [0.25, 0.3) is 0 Å². The maximum absolute atomic E-state index is 5.80. The Kier molecular flexibility index (Phi) is 18.3. The molecule has 0 radical (unpaired) electrons. The van der Waals surface area contributed by atoms with E-state index in [1.165, 1.54) is 83.4 Å². The van der Waals surface area contributed by atoms with E-state index in [1.807, 2.05) is 0 Å². The molecule has 4 atom stereocenters. The largest absolute Gasteiger partial charge is 0.355 e. The monoisotopic (exact) mass is 1120 g/mol. The van der Waals surface area contributed by atoms with Crippen molar-refractivity contribution >= 4 is 66.4 Å². The van der Waals surface area contributed by atoms with Crippen molar-refractivity contribution in [3.05, 3.63) is 138 Å². The van der Waals surface area contributed by atoms with Crippen LogP contribution in [0.15, 0.2) is 36.4 Å². The van der Waals surface area contributed by atoms with Crippen molar-refractivity contribution in [3.63, 3.8) is 0 Å². The molecular weight excluding hydrogens is 1020 g/mol. The summed E-state index contributed by atoms with van der Waals surface area (Å²) in [4.78, 5) is 38.8. The fourth-order valence-electron chi connectivity index (χ4n) is 15.7. The minimum atomic E-state index is 0.157. The molecule has 0 saturated carbocycles. The molecule has 8 heteroatoms. The number of aryl methyl sites for hydroxylation is 8. The summed E-state index contributed by atoms with van der Waals surface area (Å²) in [7, 11) is 0. The van der Waals surface area contributed by atoms with E-state index in [-0.39, 0.29) is 23.7 Å². The second kappa shape index (κ2) is 25.6. The van der Waals surface area contributed by atoms with Crippen molar-refractivity contribution in [1.29, 1.82) is 0 Å². The van der Waals surface area contributed by atoms with Crippen LogP contribution in [0.5, 0.6) is 0 Å². The lowest BCUT2D eigenvalue weighted by atomic mass is 9.83. The Labute approximate surface area is 502 Å². The molecule has 4 N–H and O–H groups in total. The Balaban J connectivity index is 1.35. The molecule has 6 aromatic rings. The summed E-state index contributed by atoms with van der Waals surface area (Å²) in [6, 6.07) is 14.1. The van der Waals surface area contributed by atoms with Crippen molar-refractivity contribution in [2.45, 2.75) is 237 Å². The highest BCUT2D eigenvalue weighted by Gasteiger charge is 2.35. The Bertz CT molecular complexity index is 4090. The van der Waals surface area contributed by atoms with Crippen LogP contribution in [0.2, 0.25) is 0 Å². The fourth-order valence-corrected chi connectivity index (χ4v) is 15.7. The number of aromatic amines is 4. The van der Waals surface area contributed by atoms with Crippen molar-refractivity contribution in [2.75, 3.05) is 0 Å². The molecule has 438 valence electrons. The fraction of sp³-hybridized carbons (Fsp3) is 0.474.